The van der Waals surface area contributed by atoms with Crippen LogP contribution in [0.1, 0.15) is 53.8 Å². The smallest absolute Gasteiger partial charge is 0.272 e. The number of H-pyrrole nitrogens is 2. The summed E-state index contributed by atoms with van der Waals surface area (Å²) in [5, 5.41) is 17.3. The van der Waals surface area contributed by atoms with Gasteiger partial charge >= 0.3 is 0 Å². The number of fused-ring (bicyclic) bond motifs is 1. The van der Waals surface area contributed by atoms with Crippen LogP contribution in [-0.2, 0) is 17.6 Å². The van der Waals surface area contributed by atoms with Crippen LogP contribution in [0.25, 0.3) is 11.3 Å². The van der Waals surface area contributed by atoms with Crippen molar-refractivity contribution in [1.29, 1.82) is 0 Å². The molecule has 0 bridgehead atoms. The van der Waals surface area contributed by atoms with Gasteiger partial charge in [0.15, 0.2) is 5.82 Å². The van der Waals surface area contributed by atoms with Crippen LogP contribution < -0.4 is 10.1 Å². The van der Waals surface area contributed by atoms with E-state index in [1.54, 1.807) is 6.07 Å². The van der Waals surface area contributed by atoms with Crippen LogP contribution in [0.5, 0.6) is 5.88 Å². The molecule has 0 radical (unpaired) electrons. The van der Waals surface area contributed by atoms with Gasteiger partial charge in [-0.25, -0.2) is 9.37 Å². The highest BCUT2D eigenvalue weighted by atomic mass is 19.1. The predicted octanol–water partition coefficient (Wildman–Crippen LogP) is 2.65. The molecule has 0 aromatic carbocycles. The summed E-state index contributed by atoms with van der Waals surface area (Å²) in [6, 6.07) is 3.01. The van der Waals surface area contributed by atoms with E-state index in [-0.39, 0.29) is 34.7 Å². The number of hydrogen-bond donors (Lipinski definition) is 3. The molecule has 37 heavy (non-hydrogen) atoms. The molecule has 2 aliphatic carbocycles. The van der Waals surface area contributed by atoms with Gasteiger partial charge in [0.2, 0.25) is 11.8 Å². The second-order valence-electron chi connectivity index (χ2n) is 10.5. The summed E-state index contributed by atoms with van der Waals surface area (Å²) in [5.41, 5.74) is 2.93. The second-order valence-corrected chi connectivity index (χ2v) is 10.5. The van der Waals surface area contributed by atoms with Gasteiger partial charge in [0.1, 0.15) is 5.69 Å². The summed E-state index contributed by atoms with van der Waals surface area (Å²) in [6.07, 6.45) is 8.98. The molecule has 3 aliphatic rings. The normalized spacial score (nSPS) is 21.9. The lowest BCUT2D eigenvalue weighted by Crippen LogP contribution is -2.51. The van der Waals surface area contributed by atoms with Gasteiger partial charge in [0.25, 0.3) is 5.91 Å². The Labute approximate surface area is 213 Å². The number of halogens is 1. The third-order valence-electron chi connectivity index (χ3n) is 8.14. The average Bonchev–Trinajstić information content (AvgIpc) is 3.31. The molecule has 1 saturated heterocycles. The fourth-order valence-electron chi connectivity index (χ4n) is 5.85. The van der Waals surface area contributed by atoms with Crippen molar-refractivity contribution in [3.63, 3.8) is 0 Å². The number of carbonyl (C=O) groups excluding carboxylic acids is 2. The number of aryl methyl sites for hydroxylation is 1. The minimum atomic E-state index is -0.546. The third kappa shape index (κ3) is 4.47. The predicted molar refractivity (Wildman–Crippen MR) is 131 cm³/mol. The first-order valence-electron chi connectivity index (χ1n) is 12.8. The van der Waals surface area contributed by atoms with Crippen LogP contribution in [-0.4, -0.2) is 67.8 Å². The molecule has 2 fully saturated rings. The number of hydrogen-bond acceptors (Lipinski definition) is 6. The van der Waals surface area contributed by atoms with Crippen molar-refractivity contribution in [2.45, 2.75) is 50.5 Å². The first-order chi connectivity index (χ1) is 18.0. The summed E-state index contributed by atoms with van der Waals surface area (Å²) in [4.78, 5) is 32.2. The number of aromatic nitrogens is 5. The van der Waals surface area contributed by atoms with Crippen LogP contribution in [0, 0.1) is 17.7 Å². The lowest BCUT2D eigenvalue weighted by atomic mass is 9.86. The molecule has 0 unspecified atom stereocenters. The number of rotatable bonds is 6. The van der Waals surface area contributed by atoms with Gasteiger partial charge in [-0.1, -0.05) is 0 Å². The molecule has 194 valence electrons. The van der Waals surface area contributed by atoms with E-state index < -0.39 is 5.82 Å². The summed E-state index contributed by atoms with van der Waals surface area (Å²) in [6.45, 7) is 1.17. The number of nitrogens with one attached hydrogen (secondary N) is 3. The van der Waals surface area contributed by atoms with Gasteiger partial charge in [-0.15, -0.1) is 0 Å². The summed E-state index contributed by atoms with van der Waals surface area (Å²) in [5.74, 6) is -0.0489. The fourth-order valence-corrected chi connectivity index (χ4v) is 5.85. The molecule has 4 heterocycles. The summed E-state index contributed by atoms with van der Waals surface area (Å²) >= 11 is 0. The molecule has 3 N–H and O–H groups in total. The quantitative estimate of drug-likeness (QED) is 0.471. The number of ether oxygens (including phenoxy) is 1. The van der Waals surface area contributed by atoms with Crippen LogP contribution in [0.3, 0.4) is 0 Å². The highest BCUT2D eigenvalue weighted by Crippen LogP contribution is 2.50. The molecule has 10 nitrogen and oxygen atoms in total. The maximum atomic E-state index is 14.3. The van der Waals surface area contributed by atoms with Crippen molar-refractivity contribution >= 4 is 11.8 Å². The third-order valence-corrected chi connectivity index (χ3v) is 8.14. The molecule has 6 rings (SSSR count). The van der Waals surface area contributed by atoms with E-state index in [0.717, 1.165) is 44.0 Å². The van der Waals surface area contributed by atoms with E-state index in [1.807, 2.05) is 11.1 Å². The molecule has 3 aromatic heterocycles. The molecule has 11 heteroatoms. The lowest BCUT2D eigenvalue weighted by molar-refractivity contribution is -0.127. The number of methoxy groups -OCH3 is 1. The SMILES string of the molecule is COc1cc(-c2cc(C(=O)N3CC[C@H](C(=O)NC[C@H]4CCc5n[nH]cc5C4)CC34CC4)[nH]n2)c(F)cn1. The Morgan fingerprint density at radius 2 is 2.14 bits per heavy atom. The minimum Gasteiger partial charge on any atom is -0.481 e. The van der Waals surface area contributed by atoms with E-state index in [2.05, 4.69) is 30.7 Å². The lowest BCUT2D eigenvalue weighted by Gasteiger charge is -2.39. The van der Waals surface area contributed by atoms with Crippen molar-refractivity contribution in [2.75, 3.05) is 20.2 Å². The Hall–Kier alpha value is -3.76. The Kier molecular flexibility index (Phi) is 5.92. The average molecular weight is 508 g/mol. The monoisotopic (exact) mass is 507 g/mol. The number of likely N-dealkylation sites (tertiary alicyclic amines) is 1. The zero-order valence-electron chi connectivity index (χ0n) is 20.7. The van der Waals surface area contributed by atoms with E-state index in [4.69, 9.17) is 4.74 Å². The van der Waals surface area contributed by atoms with Crippen molar-refractivity contribution in [1.82, 2.24) is 35.6 Å². The number of aromatic amines is 2. The van der Waals surface area contributed by atoms with Crippen LogP contribution >= 0.6 is 0 Å². The van der Waals surface area contributed by atoms with Gasteiger partial charge in [-0.2, -0.15) is 10.2 Å². The van der Waals surface area contributed by atoms with Crippen LogP contribution in [0.15, 0.2) is 24.5 Å². The number of pyridine rings is 1. The first kappa shape index (κ1) is 23.6. The van der Waals surface area contributed by atoms with Gasteiger partial charge in [0.05, 0.1) is 24.7 Å². The second kappa shape index (κ2) is 9.28. The van der Waals surface area contributed by atoms with E-state index in [1.165, 1.54) is 18.7 Å². The zero-order chi connectivity index (χ0) is 25.6. The molecular formula is C26H30FN7O3. The molecule has 2 atom stereocenters. The number of amides is 2. The summed E-state index contributed by atoms with van der Waals surface area (Å²) in [7, 11) is 1.45. The van der Waals surface area contributed by atoms with Crippen LogP contribution in [0.4, 0.5) is 4.39 Å². The van der Waals surface area contributed by atoms with E-state index in [9.17, 15) is 14.0 Å². The van der Waals surface area contributed by atoms with E-state index >= 15 is 0 Å². The molecule has 1 aliphatic heterocycles. The highest BCUT2D eigenvalue weighted by Gasteiger charge is 2.54. The Morgan fingerprint density at radius 1 is 1.27 bits per heavy atom. The van der Waals surface area contributed by atoms with Gasteiger partial charge in [-0.3, -0.25) is 19.8 Å². The molecule has 1 saturated carbocycles. The van der Waals surface area contributed by atoms with Crippen molar-refractivity contribution in [2.24, 2.45) is 11.8 Å². The maximum Gasteiger partial charge on any atom is 0.272 e. The number of nitrogens with zero attached hydrogens (tertiary/aromatic N) is 4. The van der Waals surface area contributed by atoms with Gasteiger partial charge < -0.3 is 15.0 Å². The standard InChI is InChI=1S/C26H30FN7O3/c1-37-23-9-18(19(27)14-28-23)21-10-22(33-32-21)25(36)34-7-4-16(11-26(34)5-6-26)24(35)29-12-15-2-3-20-17(8-15)13-30-31-20/h9-10,13-16H,2-8,11-12H2,1H3,(H,29,35)(H,30,31)(H,32,33)/t15-,16-/m0/s1. The summed E-state index contributed by atoms with van der Waals surface area (Å²) < 4.78 is 19.4. The highest BCUT2D eigenvalue weighted by molar-refractivity contribution is 5.94. The number of carbonyl (C=O) groups is 2. The molecular weight excluding hydrogens is 477 g/mol. The molecule has 3 aromatic rings. The Bertz CT molecular complexity index is 1330. The van der Waals surface area contributed by atoms with Crippen LogP contribution in [0.2, 0.25) is 0 Å². The van der Waals surface area contributed by atoms with Gasteiger partial charge in [-0.05, 0) is 62.5 Å². The topological polar surface area (TPSA) is 129 Å². The zero-order valence-corrected chi connectivity index (χ0v) is 20.7. The molecule has 1 spiro atoms. The largest absolute Gasteiger partial charge is 0.481 e. The minimum absolute atomic E-state index is 0.0855. The Morgan fingerprint density at radius 3 is 2.95 bits per heavy atom. The van der Waals surface area contributed by atoms with Crippen molar-refractivity contribution < 1.29 is 18.7 Å². The molecule has 2 amide bonds. The van der Waals surface area contributed by atoms with E-state index in [0.29, 0.717) is 43.2 Å². The maximum absolute atomic E-state index is 14.3. The number of piperidine rings is 1. The fraction of sp³-hybridized carbons (Fsp3) is 0.500. The van der Waals surface area contributed by atoms with Gasteiger partial charge in [0, 0.05) is 42.4 Å². The Balaban J connectivity index is 1.08. The van der Waals surface area contributed by atoms with Crippen molar-refractivity contribution in [3.8, 4) is 17.1 Å². The van der Waals surface area contributed by atoms with Crippen molar-refractivity contribution in [3.05, 3.63) is 47.3 Å². The first-order valence-corrected chi connectivity index (χ1v) is 12.8.